The zero-order valence-electron chi connectivity index (χ0n) is 10.2. The van der Waals surface area contributed by atoms with Crippen molar-refractivity contribution >= 4 is 20.7 Å². The molecule has 0 aromatic rings. The largest absolute Gasteiger partial charge is 0.735 e. The van der Waals surface area contributed by atoms with Crippen molar-refractivity contribution in [3.05, 3.63) is 0 Å². The van der Waals surface area contributed by atoms with Crippen LogP contribution in [-0.4, -0.2) is 69.3 Å². The summed E-state index contributed by atoms with van der Waals surface area (Å²) in [5.41, 5.74) is 0. The Morgan fingerprint density at radius 2 is 1.95 bits per heavy atom. The number of rotatable bonds is 6. The van der Waals surface area contributed by atoms with Crippen LogP contribution in [0.2, 0.25) is 0 Å². The van der Waals surface area contributed by atoms with Crippen LogP contribution in [0.15, 0.2) is 0 Å². The lowest BCUT2D eigenvalue weighted by Crippen LogP contribution is -2.58. The zero-order valence-corrected chi connectivity index (χ0v) is 11.8. The fourth-order valence-electron chi connectivity index (χ4n) is 1.70. The van der Waals surface area contributed by atoms with E-state index in [-0.39, 0.29) is 6.42 Å². The van der Waals surface area contributed by atoms with Gasteiger partial charge in [0.1, 0.15) is 0 Å². The Kier molecular flexibility index (Phi) is 5.82. The molecule has 0 spiro atoms. The number of ether oxygens (including phenoxy) is 2. The highest BCUT2D eigenvalue weighted by atomic mass is 32.3. The number of hydrogen-bond donors (Lipinski definition) is 2. The Morgan fingerprint density at radius 3 is 2.40 bits per heavy atom. The van der Waals surface area contributed by atoms with Gasteiger partial charge in [-0.25, -0.2) is 21.6 Å². The lowest BCUT2D eigenvalue weighted by molar-refractivity contribution is -0.222. The van der Waals surface area contributed by atoms with Crippen molar-refractivity contribution in [2.45, 2.75) is 31.0 Å². The fraction of sp³-hybridized carbons (Fsp3) is 1.00. The van der Waals surface area contributed by atoms with Gasteiger partial charge in [-0.3, -0.25) is 4.18 Å². The second kappa shape index (κ2) is 6.59. The van der Waals surface area contributed by atoms with Crippen LogP contribution >= 0.6 is 0 Å². The molecule has 1 fully saturated rings. The average molecular weight is 335 g/mol. The first-order valence-electron chi connectivity index (χ1n) is 5.21. The molecular weight excluding hydrogens is 322 g/mol. The molecule has 13 heteroatoms. The smallest absolute Gasteiger partial charge is 0.217 e. The highest BCUT2D eigenvalue weighted by molar-refractivity contribution is 7.83. The van der Waals surface area contributed by atoms with Crippen molar-refractivity contribution in [2.75, 3.05) is 13.7 Å². The van der Waals surface area contributed by atoms with Crippen molar-refractivity contribution in [3.8, 4) is 0 Å². The van der Waals surface area contributed by atoms with E-state index in [9.17, 15) is 31.0 Å². The molecule has 1 aliphatic heterocycles. The van der Waals surface area contributed by atoms with E-state index in [1.807, 2.05) is 0 Å². The third kappa shape index (κ3) is 5.94. The molecule has 1 rings (SSSR count). The first-order valence-corrected chi connectivity index (χ1v) is 7.95. The third-order valence-electron chi connectivity index (χ3n) is 2.45. The molecule has 20 heavy (non-hydrogen) atoms. The molecule has 2 unspecified atom stereocenters. The van der Waals surface area contributed by atoms with E-state index in [0.717, 1.165) is 7.11 Å². The van der Waals surface area contributed by atoms with Gasteiger partial charge in [-0.1, -0.05) is 0 Å². The second-order valence-electron chi connectivity index (χ2n) is 3.96. The lowest BCUT2D eigenvalue weighted by atomic mass is 10.0. The van der Waals surface area contributed by atoms with Crippen molar-refractivity contribution in [2.24, 2.45) is 0 Å². The summed E-state index contributed by atoms with van der Waals surface area (Å²) >= 11 is 0. The van der Waals surface area contributed by atoms with Gasteiger partial charge in [0.15, 0.2) is 16.6 Å². The van der Waals surface area contributed by atoms with E-state index < -0.39 is 51.8 Å². The van der Waals surface area contributed by atoms with Crippen LogP contribution in [0.3, 0.4) is 0 Å². The van der Waals surface area contributed by atoms with E-state index in [1.54, 1.807) is 4.72 Å². The Morgan fingerprint density at radius 1 is 1.35 bits per heavy atom. The van der Waals surface area contributed by atoms with E-state index in [4.69, 9.17) is 9.47 Å². The molecule has 0 saturated carbocycles. The summed E-state index contributed by atoms with van der Waals surface area (Å²) in [7, 11) is -8.65. The van der Waals surface area contributed by atoms with Gasteiger partial charge in [-0.05, 0) is 0 Å². The van der Waals surface area contributed by atoms with E-state index in [2.05, 4.69) is 4.18 Å². The summed E-state index contributed by atoms with van der Waals surface area (Å²) in [6.45, 7) is -0.667. The summed E-state index contributed by atoms with van der Waals surface area (Å²) in [5, 5.41) is 9.72. The average Bonchev–Trinajstić information content (AvgIpc) is 2.26. The van der Waals surface area contributed by atoms with Gasteiger partial charge in [-0.15, -0.1) is 0 Å². The van der Waals surface area contributed by atoms with Crippen LogP contribution in [0, 0.1) is 0 Å². The molecule has 11 nitrogen and oxygen atoms in total. The highest BCUT2D eigenvalue weighted by Gasteiger charge is 2.39. The molecule has 0 amide bonds. The minimum Gasteiger partial charge on any atom is -0.735 e. The first kappa shape index (κ1) is 17.7. The molecule has 0 aromatic carbocycles. The molecule has 120 valence electrons. The minimum absolute atomic E-state index is 0.261. The van der Waals surface area contributed by atoms with Crippen molar-refractivity contribution in [3.63, 3.8) is 0 Å². The van der Waals surface area contributed by atoms with Crippen LogP contribution in [-0.2, 0) is 34.4 Å². The Hall–Kier alpha value is -0.380. The second-order valence-corrected chi connectivity index (χ2v) is 6.15. The molecule has 0 bridgehead atoms. The molecule has 0 aromatic heterocycles. The molecule has 1 saturated heterocycles. The maximum Gasteiger partial charge on any atom is 0.217 e. The van der Waals surface area contributed by atoms with Crippen LogP contribution in [0.4, 0.5) is 0 Å². The number of methoxy groups -OCH3 is 1. The van der Waals surface area contributed by atoms with Crippen LogP contribution < -0.4 is 4.72 Å². The summed E-state index contributed by atoms with van der Waals surface area (Å²) in [6.07, 6.45) is -4.01. The summed E-state index contributed by atoms with van der Waals surface area (Å²) in [4.78, 5) is 0. The van der Waals surface area contributed by atoms with E-state index in [1.165, 1.54) is 0 Å². The van der Waals surface area contributed by atoms with Crippen LogP contribution in [0.5, 0.6) is 0 Å². The molecule has 0 radical (unpaired) electrons. The van der Waals surface area contributed by atoms with Gasteiger partial charge >= 0.3 is 0 Å². The number of nitrogens with one attached hydrogen (secondary N) is 1. The van der Waals surface area contributed by atoms with Crippen molar-refractivity contribution in [1.29, 1.82) is 0 Å². The van der Waals surface area contributed by atoms with Gasteiger partial charge in [0.25, 0.3) is 0 Å². The minimum atomic E-state index is -4.92. The Bertz CT molecular complexity index is 516. The van der Waals surface area contributed by atoms with E-state index >= 15 is 0 Å². The van der Waals surface area contributed by atoms with Crippen LogP contribution in [0.1, 0.15) is 6.42 Å². The predicted octanol–water partition coefficient (Wildman–Crippen LogP) is -3.00. The zero-order chi connectivity index (χ0) is 15.6. The van der Waals surface area contributed by atoms with Gasteiger partial charge in [0.2, 0.25) is 10.4 Å². The normalized spacial score (nSPS) is 32.2. The maximum absolute atomic E-state index is 10.6. The summed E-state index contributed by atoms with van der Waals surface area (Å²) < 4.78 is 78.1. The number of aliphatic hydroxyl groups excluding tert-OH is 1. The van der Waals surface area contributed by atoms with Gasteiger partial charge in [0.05, 0.1) is 24.9 Å². The number of aliphatic hydroxyl groups is 1. The monoisotopic (exact) mass is 335 g/mol. The van der Waals surface area contributed by atoms with E-state index in [0.29, 0.717) is 0 Å². The first-order chi connectivity index (χ1) is 9.02. The molecule has 4 atom stereocenters. The molecule has 1 heterocycles. The third-order valence-corrected chi connectivity index (χ3v) is 3.44. The van der Waals surface area contributed by atoms with Gasteiger partial charge in [0, 0.05) is 13.5 Å². The molecule has 2 N–H and O–H groups in total. The topological polar surface area (TPSA) is 174 Å². The molecule has 1 aliphatic rings. The fourth-order valence-corrected chi connectivity index (χ4v) is 2.62. The maximum atomic E-state index is 10.6. The van der Waals surface area contributed by atoms with Crippen LogP contribution in [0.25, 0.3) is 0 Å². The summed E-state index contributed by atoms with van der Waals surface area (Å²) in [5.74, 6) is 0. The Labute approximate surface area is 115 Å². The van der Waals surface area contributed by atoms with Gasteiger partial charge in [-0.2, -0.15) is 0 Å². The highest BCUT2D eigenvalue weighted by Crippen LogP contribution is 2.22. The molecule has 0 aliphatic carbocycles. The Balaban J connectivity index is 2.70. The quantitative estimate of drug-likeness (QED) is 0.376. The van der Waals surface area contributed by atoms with Crippen molar-refractivity contribution in [1.82, 2.24) is 4.72 Å². The SMILES string of the molecule is CO[C@@H]1OC(COS(=O)(=O)[O-])C[C@H](O)C1NS(=O)(=O)[O-]. The number of hydrogen-bond acceptors (Lipinski definition) is 10. The van der Waals surface area contributed by atoms with Crippen molar-refractivity contribution < 1.29 is 44.7 Å². The van der Waals surface area contributed by atoms with Gasteiger partial charge < -0.3 is 23.7 Å². The standard InChI is InChI=1S/C7H15NO10S2/c1-16-7-6(8-19(10,11)12)5(9)2-4(18-7)3-17-20(13,14)15/h4-9H,2-3H2,1H3,(H,10,11,12)(H,13,14,15)/p-2/t4?,5-,6?,7+/m0/s1. The molecular formula is C7H13NO10S2-2. The predicted molar refractivity (Wildman–Crippen MR) is 58.6 cm³/mol. The summed E-state index contributed by atoms with van der Waals surface area (Å²) in [6, 6.07) is -1.36. The lowest BCUT2D eigenvalue weighted by Gasteiger charge is -2.39.